The summed E-state index contributed by atoms with van der Waals surface area (Å²) >= 11 is 1.95. The third-order valence-corrected chi connectivity index (χ3v) is 8.79. The summed E-state index contributed by atoms with van der Waals surface area (Å²) < 4.78 is 0. The lowest BCUT2D eigenvalue weighted by molar-refractivity contribution is 0.469. The third-order valence-electron chi connectivity index (χ3n) is 4.06. The van der Waals surface area contributed by atoms with Gasteiger partial charge in [-0.3, -0.25) is 0 Å². The van der Waals surface area contributed by atoms with Gasteiger partial charge in [0.15, 0.2) is 8.32 Å². The van der Waals surface area contributed by atoms with Gasteiger partial charge in [-0.1, -0.05) is 13.8 Å². The molecule has 2 rings (SSSR count). The second-order valence-corrected chi connectivity index (χ2v) is 11.9. The molecule has 0 saturated heterocycles. The summed E-state index contributed by atoms with van der Waals surface area (Å²) in [6.45, 7) is 10.6. The van der Waals surface area contributed by atoms with Crippen LogP contribution in [0.4, 0.5) is 0 Å². The molecule has 0 aromatic carbocycles. The van der Waals surface area contributed by atoms with Crippen molar-refractivity contribution in [1.82, 2.24) is 5.32 Å². The topological polar surface area (TPSA) is 32.3 Å². The predicted octanol–water partition coefficient (Wildman–Crippen LogP) is 2.91. The van der Waals surface area contributed by atoms with Crippen LogP contribution in [0.2, 0.25) is 18.1 Å². The summed E-state index contributed by atoms with van der Waals surface area (Å²) in [5.41, 5.74) is 1.48. The summed E-state index contributed by atoms with van der Waals surface area (Å²) in [5.74, 6) is 0. The summed E-state index contributed by atoms with van der Waals surface area (Å²) in [7, 11) is -2.09. The molecular formula is C13H23NOSSi. The Balaban J connectivity index is 2.16. The molecule has 1 aromatic heterocycles. The van der Waals surface area contributed by atoms with Gasteiger partial charge in [0, 0.05) is 22.8 Å². The van der Waals surface area contributed by atoms with Crippen molar-refractivity contribution in [2.75, 3.05) is 6.54 Å². The van der Waals surface area contributed by atoms with Gasteiger partial charge in [-0.15, -0.1) is 11.3 Å². The lowest BCUT2D eigenvalue weighted by Gasteiger charge is -2.34. The third kappa shape index (κ3) is 2.81. The summed E-state index contributed by atoms with van der Waals surface area (Å²) in [6, 6.07) is 2.34. The van der Waals surface area contributed by atoms with E-state index in [9.17, 15) is 4.80 Å². The SMILES string of the molecule is CC(C)(Cc1cc2c(s1)CCNC2)[Si](C)(C)O. The van der Waals surface area contributed by atoms with Crippen LogP contribution in [0.5, 0.6) is 0 Å². The second kappa shape index (κ2) is 4.50. The fraction of sp³-hybridized carbons (Fsp3) is 0.692. The monoisotopic (exact) mass is 269 g/mol. The first kappa shape index (κ1) is 13.3. The second-order valence-electron chi connectivity index (χ2n) is 6.21. The Morgan fingerprint density at radius 1 is 1.47 bits per heavy atom. The molecule has 1 aromatic rings. The average molecular weight is 269 g/mol. The molecule has 2 nitrogen and oxygen atoms in total. The first-order chi connectivity index (χ1) is 7.79. The standard InChI is InChI=1S/C13H23NOSSi/c1-13(2,17(3,4)15)8-11-7-10-9-14-6-5-12(10)16-11/h7,14-15H,5-6,8-9H2,1-4H3. The fourth-order valence-corrected chi connectivity index (χ4v) is 4.22. The van der Waals surface area contributed by atoms with Crippen LogP contribution in [0.1, 0.15) is 29.2 Å². The quantitative estimate of drug-likeness (QED) is 0.827. The molecular weight excluding hydrogens is 246 g/mol. The molecule has 2 heterocycles. The highest BCUT2D eigenvalue weighted by atomic mass is 32.1. The van der Waals surface area contributed by atoms with Crippen LogP contribution in [0.25, 0.3) is 0 Å². The molecule has 0 amide bonds. The molecule has 0 bridgehead atoms. The van der Waals surface area contributed by atoms with E-state index in [2.05, 4.69) is 25.2 Å². The first-order valence-electron chi connectivity index (χ1n) is 6.33. The van der Waals surface area contributed by atoms with Crippen molar-refractivity contribution >= 4 is 19.7 Å². The Morgan fingerprint density at radius 2 is 2.18 bits per heavy atom. The highest BCUT2D eigenvalue weighted by Crippen LogP contribution is 2.41. The van der Waals surface area contributed by atoms with Crippen LogP contribution in [0.15, 0.2) is 6.07 Å². The molecule has 2 N–H and O–H groups in total. The molecule has 0 unspecified atom stereocenters. The number of thiophene rings is 1. The fourth-order valence-electron chi connectivity index (χ4n) is 2.05. The van der Waals surface area contributed by atoms with Gasteiger partial charge in [0.25, 0.3) is 0 Å². The largest absolute Gasteiger partial charge is 0.432 e. The van der Waals surface area contributed by atoms with Gasteiger partial charge >= 0.3 is 0 Å². The van der Waals surface area contributed by atoms with E-state index < -0.39 is 8.32 Å². The van der Waals surface area contributed by atoms with Gasteiger partial charge in [0.05, 0.1) is 0 Å². The lowest BCUT2D eigenvalue weighted by Crippen LogP contribution is -2.40. The molecule has 17 heavy (non-hydrogen) atoms. The van der Waals surface area contributed by atoms with Crippen molar-refractivity contribution in [2.45, 2.75) is 51.4 Å². The van der Waals surface area contributed by atoms with E-state index in [1.807, 2.05) is 24.4 Å². The maximum absolute atomic E-state index is 10.3. The lowest BCUT2D eigenvalue weighted by atomic mass is 10.1. The minimum absolute atomic E-state index is 0.0495. The van der Waals surface area contributed by atoms with E-state index in [0.717, 1.165) is 19.5 Å². The minimum Gasteiger partial charge on any atom is -0.432 e. The van der Waals surface area contributed by atoms with Gasteiger partial charge in [0.2, 0.25) is 0 Å². The normalized spacial score (nSPS) is 17.0. The van der Waals surface area contributed by atoms with Crippen molar-refractivity contribution in [1.29, 1.82) is 0 Å². The highest BCUT2D eigenvalue weighted by Gasteiger charge is 2.38. The number of hydrogen-bond acceptors (Lipinski definition) is 3. The molecule has 0 radical (unpaired) electrons. The predicted molar refractivity (Wildman–Crippen MR) is 77.2 cm³/mol. The molecule has 0 atom stereocenters. The van der Waals surface area contributed by atoms with E-state index in [4.69, 9.17) is 0 Å². The zero-order valence-corrected chi connectivity index (χ0v) is 13.1. The maximum Gasteiger partial charge on any atom is 0.188 e. The van der Waals surface area contributed by atoms with Crippen molar-refractivity contribution in [3.05, 3.63) is 21.4 Å². The Morgan fingerprint density at radius 3 is 2.76 bits per heavy atom. The number of nitrogens with one attached hydrogen (secondary N) is 1. The number of rotatable bonds is 3. The van der Waals surface area contributed by atoms with Gasteiger partial charge in [-0.05, 0) is 42.6 Å². The Bertz CT molecular complexity index is 383. The average Bonchev–Trinajstić information content (AvgIpc) is 2.56. The molecule has 0 fully saturated rings. The first-order valence-corrected chi connectivity index (χ1v) is 10.1. The zero-order chi connectivity index (χ0) is 12.7. The Labute approximate surface area is 109 Å². The van der Waals surface area contributed by atoms with Gasteiger partial charge in [-0.25, -0.2) is 0 Å². The van der Waals surface area contributed by atoms with Crippen LogP contribution < -0.4 is 5.32 Å². The van der Waals surface area contributed by atoms with Crippen molar-refractivity contribution in [3.63, 3.8) is 0 Å². The molecule has 4 heteroatoms. The molecule has 0 aliphatic carbocycles. The molecule has 96 valence electrons. The summed E-state index contributed by atoms with van der Waals surface area (Å²) in [4.78, 5) is 13.3. The van der Waals surface area contributed by atoms with Gasteiger partial charge in [-0.2, -0.15) is 0 Å². The van der Waals surface area contributed by atoms with Crippen molar-refractivity contribution < 1.29 is 4.80 Å². The molecule has 0 spiro atoms. The minimum atomic E-state index is -2.09. The maximum atomic E-state index is 10.3. The van der Waals surface area contributed by atoms with Crippen LogP contribution in [0.3, 0.4) is 0 Å². The zero-order valence-electron chi connectivity index (χ0n) is 11.3. The van der Waals surface area contributed by atoms with Crippen LogP contribution in [-0.2, 0) is 19.4 Å². The Kier molecular flexibility index (Phi) is 3.51. The van der Waals surface area contributed by atoms with Crippen molar-refractivity contribution in [2.24, 2.45) is 0 Å². The Hall–Kier alpha value is -0.163. The van der Waals surface area contributed by atoms with Crippen molar-refractivity contribution in [3.8, 4) is 0 Å². The number of fused-ring (bicyclic) bond motifs is 1. The van der Waals surface area contributed by atoms with E-state index in [0.29, 0.717) is 0 Å². The smallest absolute Gasteiger partial charge is 0.188 e. The van der Waals surface area contributed by atoms with E-state index >= 15 is 0 Å². The van der Waals surface area contributed by atoms with Crippen LogP contribution in [-0.4, -0.2) is 19.7 Å². The van der Waals surface area contributed by atoms with E-state index in [1.165, 1.54) is 16.9 Å². The van der Waals surface area contributed by atoms with E-state index in [-0.39, 0.29) is 5.04 Å². The van der Waals surface area contributed by atoms with Gasteiger partial charge in [0.1, 0.15) is 0 Å². The number of hydrogen-bond donors (Lipinski definition) is 2. The van der Waals surface area contributed by atoms with Crippen LogP contribution >= 0.6 is 11.3 Å². The molecule has 1 aliphatic rings. The summed E-state index contributed by atoms with van der Waals surface area (Å²) in [5, 5.41) is 3.46. The van der Waals surface area contributed by atoms with Gasteiger partial charge < -0.3 is 10.1 Å². The molecule has 1 aliphatic heterocycles. The molecule has 0 saturated carbocycles. The summed E-state index contributed by atoms with van der Waals surface area (Å²) in [6.07, 6.45) is 2.18. The van der Waals surface area contributed by atoms with Crippen LogP contribution in [0, 0.1) is 0 Å². The highest BCUT2D eigenvalue weighted by molar-refractivity contribution is 7.12. The van der Waals surface area contributed by atoms with E-state index in [1.54, 1.807) is 4.88 Å².